The standard InChI is InChI=1S/C20H20ClNO4/c1-3-25-15-6-4-13(5-7-15)11-22(2)12-14-8-20(24)26-19-10-18(23)17(21)9-16(14)19/h4-10,23H,3,11-12H2,1-2H3. The smallest absolute Gasteiger partial charge is 0.336 e. The van der Waals surface area contributed by atoms with Crippen molar-refractivity contribution in [2.24, 2.45) is 0 Å². The zero-order chi connectivity index (χ0) is 18.7. The summed E-state index contributed by atoms with van der Waals surface area (Å²) in [6.45, 7) is 3.84. The lowest BCUT2D eigenvalue weighted by Crippen LogP contribution is -2.18. The van der Waals surface area contributed by atoms with Crippen LogP contribution in [0.25, 0.3) is 11.0 Å². The Morgan fingerprint density at radius 1 is 1.15 bits per heavy atom. The van der Waals surface area contributed by atoms with Crippen molar-refractivity contribution in [1.29, 1.82) is 0 Å². The van der Waals surface area contributed by atoms with Gasteiger partial charge in [-0.25, -0.2) is 4.79 Å². The minimum Gasteiger partial charge on any atom is -0.506 e. The summed E-state index contributed by atoms with van der Waals surface area (Å²) in [5, 5.41) is 10.7. The maximum atomic E-state index is 11.8. The van der Waals surface area contributed by atoms with E-state index in [9.17, 15) is 9.90 Å². The third-order valence-corrected chi connectivity index (χ3v) is 4.33. The zero-order valence-corrected chi connectivity index (χ0v) is 15.4. The van der Waals surface area contributed by atoms with E-state index in [1.165, 1.54) is 12.1 Å². The van der Waals surface area contributed by atoms with E-state index in [0.717, 1.165) is 16.9 Å². The maximum absolute atomic E-state index is 11.8. The van der Waals surface area contributed by atoms with Crippen molar-refractivity contribution in [3.05, 3.63) is 69.0 Å². The van der Waals surface area contributed by atoms with Crippen molar-refractivity contribution in [3.63, 3.8) is 0 Å². The molecule has 6 heteroatoms. The van der Waals surface area contributed by atoms with Crippen LogP contribution in [-0.4, -0.2) is 23.7 Å². The van der Waals surface area contributed by atoms with Crippen molar-refractivity contribution in [1.82, 2.24) is 4.90 Å². The molecule has 0 aliphatic heterocycles. The summed E-state index contributed by atoms with van der Waals surface area (Å²) < 4.78 is 10.6. The molecular formula is C20H20ClNO4. The van der Waals surface area contributed by atoms with Crippen LogP contribution in [0.1, 0.15) is 18.1 Å². The molecule has 0 amide bonds. The molecule has 0 fully saturated rings. The zero-order valence-electron chi connectivity index (χ0n) is 14.7. The quantitative estimate of drug-likeness (QED) is 0.656. The van der Waals surface area contributed by atoms with Crippen molar-refractivity contribution in [3.8, 4) is 11.5 Å². The van der Waals surface area contributed by atoms with Gasteiger partial charge in [0.2, 0.25) is 0 Å². The van der Waals surface area contributed by atoms with E-state index in [1.807, 2.05) is 38.2 Å². The number of nitrogens with zero attached hydrogens (tertiary/aromatic N) is 1. The van der Waals surface area contributed by atoms with Crippen molar-refractivity contribution in [2.75, 3.05) is 13.7 Å². The second kappa shape index (κ2) is 7.81. The molecule has 0 aliphatic carbocycles. The van der Waals surface area contributed by atoms with E-state index in [1.54, 1.807) is 6.07 Å². The molecule has 1 aromatic heterocycles. The lowest BCUT2D eigenvalue weighted by Gasteiger charge is -2.18. The number of phenolic OH excluding ortho intramolecular Hbond substituents is 1. The Morgan fingerprint density at radius 3 is 2.58 bits per heavy atom. The molecule has 0 unspecified atom stereocenters. The summed E-state index contributed by atoms with van der Waals surface area (Å²) in [6, 6.07) is 12.4. The van der Waals surface area contributed by atoms with E-state index in [4.69, 9.17) is 20.8 Å². The van der Waals surface area contributed by atoms with Crippen LogP contribution in [0.2, 0.25) is 5.02 Å². The van der Waals surface area contributed by atoms with Gasteiger partial charge in [0.15, 0.2) is 0 Å². The van der Waals surface area contributed by atoms with Crippen molar-refractivity contribution in [2.45, 2.75) is 20.0 Å². The van der Waals surface area contributed by atoms with Gasteiger partial charge in [0, 0.05) is 30.6 Å². The monoisotopic (exact) mass is 373 g/mol. The van der Waals surface area contributed by atoms with E-state index in [2.05, 4.69) is 4.90 Å². The fourth-order valence-electron chi connectivity index (χ4n) is 2.88. The number of rotatable bonds is 6. The van der Waals surface area contributed by atoms with Gasteiger partial charge in [-0.3, -0.25) is 4.90 Å². The molecule has 0 saturated carbocycles. The second-order valence-electron chi connectivity index (χ2n) is 6.14. The second-order valence-corrected chi connectivity index (χ2v) is 6.55. The first-order valence-electron chi connectivity index (χ1n) is 8.32. The van der Waals surface area contributed by atoms with Crippen LogP contribution >= 0.6 is 11.6 Å². The highest BCUT2D eigenvalue weighted by Gasteiger charge is 2.12. The first-order valence-corrected chi connectivity index (χ1v) is 8.69. The van der Waals surface area contributed by atoms with Gasteiger partial charge < -0.3 is 14.3 Å². The Bertz CT molecular complexity index is 966. The average Bonchev–Trinajstić information content (AvgIpc) is 2.58. The predicted octanol–water partition coefficient (Wildman–Crippen LogP) is 4.18. The molecule has 5 nitrogen and oxygen atoms in total. The fraction of sp³-hybridized carbons (Fsp3) is 0.250. The van der Waals surface area contributed by atoms with Crippen molar-refractivity contribution >= 4 is 22.6 Å². The minimum absolute atomic E-state index is 0.109. The summed E-state index contributed by atoms with van der Waals surface area (Å²) in [5.41, 5.74) is 1.80. The highest BCUT2D eigenvalue weighted by atomic mass is 35.5. The maximum Gasteiger partial charge on any atom is 0.336 e. The molecule has 26 heavy (non-hydrogen) atoms. The van der Waals surface area contributed by atoms with Crippen LogP contribution in [0.4, 0.5) is 0 Å². The molecule has 136 valence electrons. The van der Waals surface area contributed by atoms with Gasteiger partial charge in [-0.2, -0.15) is 0 Å². The highest BCUT2D eigenvalue weighted by molar-refractivity contribution is 6.32. The van der Waals surface area contributed by atoms with E-state index in [-0.39, 0.29) is 10.8 Å². The molecule has 0 spiro atoms. The van der Waals surface area contributed by atoms with Gasteiger partial charge in [0.05, 0.1) is 11.6 Å². The number of hydrogen-bond acceptors (Lipinski definition) is 5. The van der Waals surface area contributed by atoms with Gasteiger partial charge >= 0.3 is 5.63 Å². The molecule has 1 heterocycles. The van der Waals surface area contributed by atoms with E-state index < -0.39 is 5.63 Å². The topological polar surface area (TPSA) is 62.9 Å². The third kappa shape index (κ3) is 4.18. The lowest BCUT2D eigenvalue weighted by molar-refractivity contribution is 0.318. The molecule has 0 atom stereocenters. The Morgan fingerprint density at radius 2 is 1.88 bits per heavy atom. The molecule has 0 saturated heterocycles. The number of fused-ring (bicyclic) bond motifs is 1. The Labute approximate surface area is 156 Å². The summed E-state index contributed by atoms with van der Waals surface area (Å²) in [7, 11) is 1.97. The molecule has 0 bridgehead atoms. The van der Waals surface area contributed by atoms with Gasteiger partial charge in [0.1, 0.15) is 17.1 Å². The summed E-state index contributed by atoms with van der Waals surface area (Å²) in [5.74, 6) is 0.738. The fourth-order valence-corrected chi connectivity index (χ4v) is 3.05. The minimum atomic E-state index is -0.455. The Kier molecular flexibility index (Phi) is 5.49. The average molecular weight is 374 g/mol. The molecule has 3 aromatic rings. The number of halogens is 1. The van der Waals surface area contributed by atoms with Crippen LogP contribution in [0.3, 0.4) is 0 Å². The molecule has 0 radical (unpaired) electrons. The molecule has 2 aromatic carbocycles. The normalized spacial score (nSPS) is 11.2. The van der Waals surface area contributed by atoms with Crippen LogP contribution in [0.5, 0.6) is 11.5 Å². The number of benzene rings is 2. The van der Waals surface area contributed by atoms with Crippen LogP contribution in [-0.2, 0) is 13.1 Å². The molecular weight excluding hydrogens is 354 g/mol. The van der Waals surface area contributed by atoms with Gasteiger partial charge in [-0.1, -0.05) is 23.7 Å². The molecule has 0 aliphatic rings. The van der Waals surface area contributed by atoms with E-state index in [0.29, 0.717) is 30.7 Å². The largest absolute Gasteiger partial charge is 0.506 e. The Hall–Kier alpha value is -2.50. The first kappa shape index (κ1) is 18.3. The third-order valence-electron chi connectivity index (χ3n) is 4.02. The number of ether oxygens (including phenoxy) is 1. The summed E-state index contributed by atoms with van der Waals surface area (Å²) in [6.07, 6.45) is 0. The number of aromatic hydroxyl groups is 1. The highest BCUT2D eigenvalue weighted by Crippen LogP contribution is 2.30. The lowest BCUT2D eigenvalue weighted by atomic mass is 10.1. The van der Waals surface area contributed by atoms with Gasteiger partial charge in [-0.05, 0) is 43.3 Å². The summed E-state index contributed by atoms with van der Waals surface area (Å²) >= 11 is 6.01. The molecule has 3 rings (SSSR count). The van der Waals surface area contributed by atoms with Gasteiger partial charge in [-0.15, -0.1) is 0 Å². The van der Waals surface area contributed by atoms with Crippen LogP contribution < -0.4 is 10.4 Å². The Balaban J connectivity index is 1.81. The SMILES string of the molecule is CCOc1ccc(CN(C)Cc2cc(=O)oc3cc(O)c(Cl)cc23)cc1. The predicted molar refractivity (Wildman–Crippen MR) is 102 cm³/mol. The number of phenols is 1. The first-order chi connectivity index (χ1) is 12.5. The van der Waals surface area contributed by atoms with Crippen molar-refractivity contribution < 1.29 is 14.3 Å². The molecule has 1 N–H and O–H groups in total. The van der Waals surface area contributed by atoms with Gasteiger partial charge in [0.25, 0.3) is 0 Å². The van der Waals surface area contributed by atoms with Crippen LogP contribution in [0.15, 0.2) is 51.7 Å². The van der Waals surface area contributed by atoms with Crippen LogP contribution in [0, 0.1) is 0 Å². The van der Waals surface area contributed by atoms with E-state index >= 15 is 0 Å². The number of hydrogen-bond donors (Lipinski definition) is 1. The summed E-state index contributed by atoms with van der Waals surface area (Å²) in [4.78, 5) is 13.9.